The van der Waals surface area contributed by atoms with Gasteiger partial charge >= 0.3 is 0 Å². The van der Waals surface area contributed by atoms with Crippen LogP contribution in [0.5, 0.6) is 0 Å². The molecule has 0 aromatic heterocycles. The van der Waals surface area contributed by atoms with Crippen LogP contribution in [0, 0.1) is 5.92 Å². The first kappa shape index (κ1) is 20.3. The van der Waals surface area contributed by atoms with Gasteiger partial charge in [-0.15, -0.1) is 0 Å². The summed E-state index contributed by atoms with van der Waals surface area (Å²) in [7, 11) is -3.50. The van der Waals surface area contributed by atoms with Crippen LogP contribution in [0.4, 0.5) is 5.69 Å². The first-order valence-electron chi connectivity index (χ1n) is 8.64. The van der Waals surface area contributed by atoms with E-state index in [0.29, 0.717) is 35.3 Å². The van der Waals surface area contributed by atoms with E-state index in [0.717, 1.165) is 17.3 Å². The lowest BCUT2D eigenvalue weighted by atomic mass is 10.0. The molecule has 1 saturated heterocycles. The molecule has 0 radical (unpaired) electrons. The quantitative estimate of drug-likeness (QED) is 0.698. The first-order valence-corrected chi connectivity index (χ1v) is 11.2. The van der Waals surface area contributed by atoms with E-state index in [-0.39, 0.29) is 10.8 Å². The Hall–Kier alpha value is -1.41. The molecule has 0 unspecified atom stereocenters. The van der Waals surface area contributed by atoms with Gasteiger partial charge in [0.2, 0.25) is 10.0 Å². The largest absolute Gasteiger partial charge is 0.322 e. The molecule has 8 heteroatoms. The van der Waals surface area contributed by atoms with Crippen molar-refractivity contribution < 1.29 is 13.2 Å². The lowest BCUT2D eigenvalue weighted by Crippen LogP contribution is -2.37. The summed E-state index contributed by atoms with van der Waals surface area (Å²) in [6.07, 6.45) is 1.75. The highest BCUT2D eigenvalue weighted by Gasteiger charge is 2.27. The molecule has 0 spiro atoms. The normalized spacial score (nSPS) is 16.3. The standard InChI is InChI=1S/C19H20BrClN2O3S/c1-13-8-10-23(11-9-13)27(25,26)16-5-3-15(4-6-16)22-19(24)17-12-14(20)2-7-18(17)21/h2-7,12-13H,8-11H2,1H3,(H,22,24). The van der Waals surface area contributed by atoms with Crippen molar-refractivity contribution in [2.24, 2.45) is 5.92 Å². The van der Waals surface area contributed by atoms with Crippen LogP contribution in [0.2, 0.25) is 5.02 Å². The number of hydrogen-bond donors (Lipinski definition) is 1. The summed E-state index contributed by atoms with van der Waals surface area (Å²) in [6, 6.07) is 11.2. The van der Waals surface area contributed by atoms with Crippen molar-refractivity contribution in [1.29, 1.82) is 0 Å². The second-order valence-corrected chi connectivity index (χ2v) is 9.95. The minimum absolute atomic E-state index is 0.232. The Kier molecular flexibility index (Phi) is 6.25. The second kappa shape index (κ2) is 8.31. The van der Waals surface area contributed by atoms with Crippen molar-refractivity contribution in [2.75, 3.05) is 18.4 Å². The Morgan fingerprint density at radius 2 is 1.78 bits per heavy atom. The molecule has 5 nitrogen and oxygen atoms in total. The molecule has 0 saturated carbocycles. The number of amides is 1. The topological polar surface area (TPSA) is 66.5 Å². The van der Waals surface area contributed by atoms with Gasteiger partial charge in [0.1, 0.15) is 0 Å². The number of carbonyl (C=O) groups excluding carboxylic acids is 1. The van der Waals surface area contributed by atoms with E-state index >= 15 is 0 Å². The van der Waals surface area contributed by atoms with Crippen molar-refractivity contribution >= 4 is 49.1 Å². The van der Waals surface area contributed by atoms with Crippen LogP contribution < -0.4 is 5.32 Å². The van der Waals surface area contributed by atoms with Gasteiger partial charge in [-0.3, -0.25) is 4.79 Å². The van der Waals surface area contributed by atoms with E-state index < -0.39 is 10.0 Å². The smallest absolute Gasteiger partial charge is 0.257 e. The highest BCUT2D eigenvalue weighted by atomic mass is 79.9. The average molecular weight is 472 g/mol. The van der Waals surface area contributed by atoms with Crippen molar-refractivity contribution in [3.05, 3.63) is 57.5 Å². The molecular weight excluding hydrogens is 452 g/mol. The second-order valence-electron chi connectivity index (χ2n) is 6.69. The zero-order valence-electron chi connectivity index (χ0n) is 14.8. The lowest BCUT2D eigenvalue weighted by Gasteiger charge is -2.29. The SMILES string of the molecule is CC1CCN(S(=O)(=O)c2ccc(NC(=O)c3cc(Br)ccc3Cl)cc2)CC1. The van der Waals surface area contributed by atoms with Gasteiger partial charge in [-0.05, 0) is 61.2 Å². The fraction of sp³-hybridized carbons (Fsp3) is 0.316. The molecule has 1 heterocycles. The van der Waals surface area contributed by atoms with Gasteiger partial charge in [-0.1, -0.05) is 34.5 Å². The molecule has 2 aromatic rings. The molecule has 144 valence electrons. The third-order valence-corrected chi connectivity index (χ3v) is 7.40. The van der Waals surface area contributed by atoms with E-state index in [2.05, 4.69) is 28.2 Å². The number of carbonyl (C=O) groups is 1. The highest BCUT2D eigenvalue weighted by molar-refractivity contribution is 9.10. The van der Waals surface area contributed by atoms with Crippen molar-refractivity contribution in [1.82, 2.24) is 4.31 Å². The fourth-order valence-corrected chi connectivity index (χ4v) is 4.99. The van der Waals surface area contributed by atoms with Crippen LogP contribution in [0.1, 0.15) is 30.1 Å². The van der Waals surface area contributed by atoms with Crippen LogP contribution >= 0.6 is 27.5 Å². The molecule has 2 aromatic carbocycles. The Morgan fingerprint density at radius 3 is 2.41 bits per heavy atom. The van der Waals surface area contributed by atoms with E-state index in [1.165, 1.54) is 16.4 Å². The van der Waals surface area contributed by atoms with Gasteiger partial charge in [-0.2, -0.15) is 4.31 Å². The van der Waals surface area contributed by atoms with Crippen LogP contribution in [0.3, 0.4) is 0 Å². The molecule has 1 N–H and O–H groups in total. The molecule has 1 amide bonds. The molecular formula is C19H20BrClN2O3S. The number of benzene rings is 2. The molecule has 1 aliphatic heterocycles. The van der Waals surface area contributed by atoms with Crippen molar-refractivity contribution in [3.8, 4) is 0 Å². The Morgan fingerprint density at radius 1 is 1.15 bits per heavy atom. The zero-order valence-corrected chi connectivity index (χ0v) is 17.9. The minimum atomic E-state index is -3.50. The van der Waals surface area contributed by atoms with E-state index in [1.54, 1.807) is 30.3 Å². The highest BCUT2D eigenvalue weighted by Crippen LogP contribution is 2.25. The van der Waals surface area contributed by atoms with Gasteiger partial charge in [0.25, 0.3) is 5.91 Å². The number of nitrogens with zero attached hydrogens (tertiary/aromatic N) is 1. The van der Waals surface area contributed by atoms with Crippen molar-refractivity contribution in [3.63, 3.8) is 0 Å². The van der Waals surface area contributed by atoms with Crippen LogP contribution in [-0.4, -0.2) is 31.7 Å². The lowest BCUT2D eigenvalue weighted by molar-refractivity contribution is 0.102. The third kappa shape index (κ3) is 4.71. The van der Waals surface area contributed by atoms with Crippen molar-refractivity contribution in [2.45, 2.75) is 24.7 Å². The van der Waals surface area contributed by atoms with Gasteiger partial charge in [-0.25, -0.2) is 8.42 Å². The fourth-order valence-electron chi connectivity index (χ4n) is 2.95. The van der Waals surface area contributed by atoms with Gasteiger partial charge in [0.05, 0.1) is 15.5 Å². The maximum atomic E-state index is 12.7. The van der Waals surface area contributed by atoms with Gasteiger partial charge < -0.3 is 5.32 Å². The number of halogens is 2. The summed E-state index contributed by atoms with van der Waals surface area (Å²) < 4.78 is 27.8. The molecule has 1 fully saturated rings. The van der Waals surface area contributed by atoms with Gasteiger partial charge in [0, 0.05) is 23.2 Å². The summed E-state index contributed by atoms with van der Waals surface area (Å²) in [5, 5.41) is 3.08. The summed E-state index contributed by atoms with van der Waals surface area (Å²) in [4.78, 5) is 12.6. The Bertz CT molecular complexity index is 940. The van der Waals surface area contributed by atoms with Gasteiger partial charge in [0.15, 0.2) is 0 Å². The molecule has 0 aliphatic carbocycles. The number of piperidine rings is 1. The molecule has 3 rings (SSSR count). The third-order valence-electron chi connectivity index (χ3n) is 4.67. The maximum absolute atomic E-state index is 12.7. The summed E-state index contributed by atoms with van der Waals surface area (Å²) in [6.45, 7) is 3.23. The summed E-state index contributed by atoms with van der Waals surface area (Å²) in [5.74, 6) is 0.195. The van der Waals surface area contributed by atoms with E-state index in [4.69, 9.17) is 11.6 Å². The minimum Gasteiger partial charge on any atom is -0.322 e. The predicted molar refractivity (Wildman–Crippen MR) is 111 cm³/mol. The first-order chi connectivity index (χ1) is 12.8. The number of rotatable bonds is 4. The molecule has 1 aliphatic rings. The van der Waals surface area contributed by atoms with Crippen LogP contribution in [0.25, 0.3) is 0 Å². The summed E-state index contributed by atoms with van der Waals surface area (Å²) in [5.41, 5.74) is 0.840. The molecule has 0 atom stereocenters. The number of sulfonamides is 1. The van der Waals surface area contributed by atoms with Crippen LogP contribution in [0.15, 0.2) is 51.8 Å². The predicted octanol–water partition coefficient (Wildman–Crippen LogP) is 4.78. The number of nitrogens with one attached hydrogen (secondary N) is 1. The molecule has 0 bridgehead atoms. The Balaban J connectivity index is 1.73. The molecule has 27 heavy (non-hydrogen) atoms. The van der Waals surface area contributed by atoms with E-state index in [9.17, 15) is 13.2 Å². The number of anilines is 1. The monoisotopic (exact) mass is 470 g/mol. The zero-order chi connectivity index (χ0) is 19.6. The maximum Gasteiger partial charge on any atom is 0.257 e. The number of hydrogen-bond acceptors (Lipinski definition) is 3. The summed E-state index contributed by atoms with van der Waals surface area (Å²) >= 11 is 9.38. The Labute approximate surface area is 172 Å². The van der Waals surface area contributed by atoms with Crippen LogP contribution in [-0.2, 0) is 10.0 Å². The average Bonchev–Trinajstić information content (AvgIpc) is 2.64. The van der Waals surface area contributed by atoms with E-state index in [1.807, 2.05) is 0 Å².